The van der Waals surface area contributed by atoms with Crippen molar-refractivity contribution in [1.82, 2.24) is 5.32 Å². The first-order valence-corrected chi connectivity index (χ1v) is 6.88. The van der Waals surface area contributed by atoms with Crippen LogP contribution >= 0.6 is 0 Å². The van der Waals surface area contributed by atoms with Crippen molar-refractivity contribution >= 4 is 30.0 Å². The lowest BCUT2D eigenvalue weighted by molar-refractivity contribution is -0.140. The van der Waals surface area contributed by atoms with E-state index < -0.39 is 35.9 Å². The number of aliphatic carboxylic acids is 3. The monoisotopic (exact) mass is 339 g/mol. The Hall–Kier alpha value is -3.17. The van der Waals surface area contributed by atoms with E-state index in [1.807, 2.05) is 0 Å². The Balaban J connectivity index is 2.90. The minimum Gasteiger partial charge on any atom is -0.480 e. The number of carbonyl (C=O) groups excluding carboxylic acids is 1. The van der Waals surface area contributed by atoms with Crippen molar-refractivity contribution in [2.75, 3.05) is 0 Å². The Labute approximate surface area is 136 Å². The first-order valence-electron chi connectivity index (χ1n) is 6.88. The molecule has 0 saturated carbocycles. The van der Waals surface area contributed by atoms with Crippen LogP contribution < -0.4 is 11.1 Å². The third-order valence-corrected chi connectivity index (χ3v) is 3.13. The Morgan fingerprint density at radius 1 is 1.33 bits per heavy atom. The summed E-state index contributed by atoms with van der Waals surface area (Å²) in [6, 6.07) is -2.28. The van der Waals surface area contributed by atoms with Crippen molar-refractivity contribution < 1.29 is 34.5 Å². The molecule has 0 saturated heterocycles. The van der Waals surface area contributed by atoms with Crippen molar-refractivity contribution in [3.63, 3.8) is 0 Å². The van der Waals surface area contributed by atoms with E-state index in [0.717, 1.165) is 6.21 Å². The molecule has 0 aromatic heterocycles. The number of carbonyl (C=O) groups is 4. The van der Waals surface area contributed by atoms with Crippen LogP contribution in [-0.4, -0.2) is 57.4 Å². The van der Waals surface area contributed by atoms with Crippen molar-refractivity contribution in [2.45, 2.75) is 31.3 Å². The van der Waals surface area contributed by atoms with Gasteiger partial charge in [-0.1, -0.05) is 0 Å². The molecule has 0 bridgehead atoms. The van der Waals surface area contributed by atoms with Gasteiger partial charge in [0, 0.05) is 19.1 Å². The maximum atomic E-state index is 11.0. The van der Waals surface area contributed by atoms with Crippen molar-refractivity contribution in [3.05, 3.63) is 23.4 Å². The number of nitrogens with two attached hydrogens (primary N) is 1. The zero-order valence-corrected chi connectivity index (χ0v) is 12.5. The predicted molar refractivity (Wildman–Crippen MR) is 81.3 cm³/mol. The minimum absolute atomic E-state index is 0.0111. The van der Waals surface area contributed by atoms with E-state index in [9.17, 15) is 19.2 Å². The molecule has 1 aliphatic heterocycles. The topological polar surface area (TPSA) is 179 Å². The molecule has 6 N–H and O–H groups in total. The average molecular weight is 339 g/mol. The third-order valence-electron chi connectivity index (χ3n) is 3.13. The van der Waals surface area contributed by atoms with Crippen LogP contribution in [0.3, 0.4) is 0 Å². The van der Waals surface area contributed by atoms with Crippen LogP contribution in [-0.2, 0) is 19.2 Å². The van der Waals surface area contributed by atoms with Crippen LogP contribution in [0, 0.1) is 0 Å². The summed E-state index contributed by atoms with van der Waals surface area (Å²) in [4.78, 5) is 47.5. The Kier molecular flexibility index (Phi) is 6.65. The molecule has 0 aliphatic carbocycles. The average Bonchev–Trinajstić information content (AvgIpc) is 2.49. The molecule has 1 heterocycles. The van der Waals surface area contributed by atoms with Gasteiger partial charge in [-0.15, -0.1) is 0 Å². The predicted octanol–water partition coefficient (Wildman–Crippen LogP) is -0.883. The van der Waals surface area contributed by atoms with E-state index in [0.29, 0.717) is 5.57 Å². The van der Waals surface area contributed by atoms with E-state index in [-0.39, 0.29) is 25.0 Å². The summed E-state index contributed by atoms with van der Waals surface area (Å²) in [6.45, 7) is 0. The number of aliphatic imine (C=N–C) groups is 1. The van der Waals surface area contributed by atoms with Crippen LogP contribution in [0.4, 0.5) is 0 Å². The SMILES string of the molecule is NC(=O)CCC(N=C/C=C1/C=C(C(=O)O)NC(C(=O)O)C1)C(=O)O. The molecule has 10 heteroatoms. The van der Waals surface area contributed by atoms with Gasteiger partial charge in [0.1, 0.15) is 17.8 Å². The van der Waals surface area contributed by atoms with Crippen LogP contribution in [0.2, 0.25) is 0 Å². The van der Waals surface area contributed by atoms with E-state index in [2.05, 4.69) is 10.3 Å². The van der Waals surface area contributed by atoms with Crippen molar-refractivity contribution in [3.8, 4) is 0 Å². The number of carboxylic acid groups (broad SMARTS) is 3. The lowest BCUT2D eigenvalue weighted by atomic mass is 10.00. The number of allylic oxidation sites excluding steroid dienone is 2. The van der Waals surface area contributed by atoms with Gasteiger partial charge in [0.05, 0.1) is 0 Å². The fourth-order valence-electron chi connectivity index (χ4n) is 1.93. The molecule has 0 radical (unpaired) electrons. The van der Waals surface area contributed by atoms with Gasteiger partial charge in [-0.25, -0.2) is 14.4 Å². The minimum atomic E-state index is -1.31. The quantitative estimate of drug-likeness (QED) is 0.353. The van der Waals surface area contributed by atoms with E-state index in [1.54, 1.807) is 0 Å². The highest BCUT2D eigenvalue weighted by molar-refractivity contribution is 5.90. The second kappa shape index (κ2) is 8.46. The van der Waals surface area contributed by atoms with Crippen LogP contribution in [0.1, 0.15) is 19.3 Å². The summed E-state index contributed by atoms with van der Waals surface area (Å²) in [6.07, 6.45) is 3.53. The van der Waals surface area contributed by atoms with Crippen LogP contribution in [0.5, 0.6) is 0 Å². The summed E-state index contributed by atoms with van der Waals surface area (Å²) in [5, 5.41) is 29.3. The van der Waals surface area contributed by atoms with Gasteiger partial charge in [0.2, 0.25) is 5.91 Å². The molecule has 0 aromatic carbocycles. The number of nitrogens with one attached hydrogen (secondary N) is 1. The lowest BCUT2D eigenvalue weighted by Gasteiger charge is -2.21. The molecule has 0 aromatic rings. The first kappa shape index (κ1) is 18.9. The highest BCUT2D eigenvalue weighted by atomic mass is 16.4. The second-order valence-corrected chi connectivity index (χ2v) is 5.00. The third kappa shape index (κ3) is 5.91. The smallest absolute Gasteiger partial charge is 0.351 e. The van der Waals surface area contributed by atoms with Crippen LogP contribution in [0.25, 0.3) is 0 Å². The van der Waals surface area contributed by atoms with Gasteiger partial charge >= 0.3 is 17.9 Å². The molecule has 0 fully saturated rings. The standard InChI is InChI=1S/C14H17N3O7/c15-11(18)2-1-8(12(19)20)16-4-3-7-5-9(13(21)22)17-10(6-7)14(23)24/h3-5,8,10,17H,1-2,6H2,(H2,15,18)(H,19,20)(H,21,22)(H,23,24)/b7-3-,16-4?. The Morgan fingerprint density at radius 3 is 2.50 bits per heavy atom. The molecule has 0 spiro atoms. The summed E-state index contributed by atoms with van der Waals surface area (Å²) in [5.41, 5.74) is 5.03. The van der Waals surface area contributed by atoms with Gasteiger partial charge in [0.25, 0.3) is 0 Å². The Morgan fingerprint density at radius 2 is 2.00 bits per heavy atom. The number of rotatable bonds is 8. The summed E-state index contributed by atoms with van der Waals surface area (Å²) in [5.74, 6) is -4.41. The number of carboxylic acids is 3. The highest BCUT2D eigenvalue weighted by Gasteiger charge is 2.26. The second-order valence-electron chi connectivity index (χ2n) is 5.00. The molecule has 2 unspecified atom stereocenters. The number of hydrogen-bond donors (Lipinski definition) is 5. The van der Waals surface area contributed by atoms with Crippen LogP contribution in [0.15, 0.2) is 28.4 Å². The maximum Gasteiger partial charge on any atom is 0.351 e. The largest absolute Gasteiger partial charge is 0.480 e. The maximum absolute atomic E-state index is 11.0. The van der Waals surface area contributed by atoms with Gasteiger partial charge in [-0.05, 0) is 24.1 Å². The number of primary amides is 1. The van der Waals surface area contributed by atoms with Gasteiger partial charge in [-0.2, -0.15) is 0 Å². The highest BCUT2D eigenvalue weighted by Crippen LogP contribution is 2.16. The summed E-state index contributed by atoms with van der Waals surface area (Å²) >= 11 is 0. The zero-order chi connectivity index (χ0) is 18.3. The Bertz CT molecular complexity index is 636. The van der Waals surface area contributed by atoms with E-state index in [1.165, 1.54) is 12.2 Å². The van der Waals surface area contributed by atoms with Crippen molar-refractivity contribution in [1.29, 1.82) is 0 Å². The van der Waals surface area contributed by atoms with Gasteiger partial charge in [0.15, 0.2) is 0 Å². The summed E-state index contributed by atoms with van der Waals surface area (Å²) in [7, 11) is 0. The molecule has 1 aliphatic rings. The zero-order valence-electron chi connectivity index (χ0n) is 12.5. The fraction of sp³-hybridized carbons (Fsp3) is 0.357. The van der Waals surface area contributed by atoms with Crippen molar-refractivity contribution in [2.24, 2.45) is 10.7 Å². The molecule has 1 amide bonds. The molecule has 130 valence electrons. The van der Waals surface area contributed by atoms with E-state index >= 15 is 0 Å². The lowest BCUT2D eigenvalue weighted by Crippen LogP contribution is -2.41. The van der Waals surface area contributed by atoms with Gasteiger partial charge < -0.3 is 26.4 Å². The molecule has 2 atom stereocenters. The molecular formula is C14H17N3O7. The molecule has 24 heavy (non-hydrogen) atoms. The molecule has 1 rings (SSSR count). The number of nitrogens with zero attached hydrogens (tertiary/aromatic N) is 1. The van der Waals surface area contributed by atoms with Gasteiger partial charge in [-0.3, -0.25) is 9.79 Å². The number of hydrogen-bond acceptors (Lipinski definition) is 6. The molecule has 10 nitrogen and oxygen atoms in total. The first-order chi connectivity index (χ1) is 11.2. The van der Waals surface area contributed by atoms with E-state index in [4.69, 9.17) is 21.1 Å². The normalized spacial score (nSPS) is 20.2. The molecular weight excluding hydrogens is 322 g/mol. The fourth-order valence-corrected chi connectivity index (χ4v) is 1.93. The number of amides is 1. The summed E-state index contributed by atoms with van der Waals surface area (Å²) < 4.78 is 0.